The summed E-state index contributed by atoms with van der Waals surface area (Å²) in [6.07, 6.45) is -1.33. The third kappa shape index (κ3) is 4.53. The molecule has 0 aliphatic rings. The molecule has 0 aliphatic carbocycles. The molecule has 0 radical (unpaired) electrons. The van der Waals surface area contributed by atoms with E-state index in [4.69, 9.17) is 0 Å². The van der Waals surface area contributed by atoms with Crippen LogP contribution < -0.4 is 5.43 Å². The number of nitrogens with one attached hydrogen (secondary N) is 1. The third-order valence-electron chi connectivity index (χ3n) is 4.42. The summed E-state index contributed by atoms with van der Waals surface area (Å²) in [6, 6.07) is 9.94. The molecular weight excluding hydrogens is 381 g/mol. The largest absolute Gasteiger partial charge is 0.416 e. The highest BCUT2D eigenvalue weighted by Gasteiger charge is 2.30. The molecule has 0 bridgehead atoms. The van der Waals surface area contributed by atoms with Crippen LogP contribution in [0.2, 0.25) is 0 Å². The van der Waals surface area contributed by atoms with Gasteiger partial charge in [0, 0.05) is 28.7 Å². The summed E-state index contributed by atoms with van der Waals surface area (Å²) in [7, 11) is 0. The second-order valence-electron chi connectivity index (χ2n) is 6.63. The number of carbonyl (C=O) groups is 1. The molecular formula is C21H19F3N4O. The zero-order chi connectivity index (χ0) is 21.2. The number of aryl methyl sites for hydroxylation is 2. The molecule has 0 unspecified atom stereocenters. The number of hydrogen-bond donors (Lipinski definition) is 1. The van der Waals surface area contributed by atoms with Crippen molar-refractivity contribution in [1.82, 2.24) is 15.0 Å². The second kappa shape index (κ2) is 7.90. The number of hydrazone groups is 1. The summed E-state index contributed by atoms with van der Waals surface area (Å²) in [5, 5.41) is 3.90. The molecule has 0 spiro atoms. The predicted molar refractivity (Wildman–Crippen MR) is 104 cm³/mol. The number of pyridine rings is 1. The van der Waals surface area contributed by atoms with Gasteiger partial charge in [-0.05, 0) is 62.7 Å². The average molecular weight is 400 g/mol. The molecule has 150 valence electrons. The molecule has 1 aromatic carbocycles. The van der Waals surface area contributed by atoms with Crippen LogP contribution in [-0.4, -0.2) is 21.7 Å². The van der Waals surface area contributed by atoms with Gasteiger partial charge in [0.05, 0.1) is 11.8 Å². The highest BCUT2D eigenvalue weighted by atomic mass is 19.4. The zero-order valence-corrected chi connectivity index (χ0v) is 16.1. The van der Waals surface area contributed by atoms with Gasteiger partial charge in [-0.2, -0.15) is 18.3 Å². The van der Waals surface area contributed by atoms with Crippen LogP contribution in [-0.2, 0) is 6.18 Å². The van der Waals surface area contributed by atoms with Gasteiger partial charge in [0.2, 0.25) is 0 Å². The van der Waals surface area contributed by atoms with Crippen LogP contribution >= 0.6 is 0 Å². The second-order valence-corrected chi connectivity index (χ2v) is 6.63. The Morgan fingerprint density at radius 2 is 1.90 bits per heavy atom. The summed E-state index contributed by atoms with van der Waals surface area (Å²) >= 11 is 0. The van der Waals surface area contributed by atoms with Gasteiger partial charge in [-0.15, -0.1) is 0 Å². The first-order chi connectivity index (χ1) is 13.7. The fraction of sp³-hybridized carbons (Fsp3) is 0.190. The van der Waals surface area contributed by atoms with Crippen LogP contribution in [0.1, 0.15) is 38.4 Å². The van der Waals surface area contributed by atoms with E-state index in [1.165, 1.54) is 18.3 Å². The molecule has 0 aliphatic heterocycles. The predicted octanol–water partition coefficient (Wildman–Crippen LogP) is 4.58. The fourth-order valence-corrected chi connectivity index (χ4v) is 2.98. The molecule has 3 rings (SSSR count). The first kappa shape index (κ1) is 20.3. The number of benzene rings is 1. The van der Waals surface area contributed by atoms with Gasteiger partial charge < -0.3 is 4.57 Å². The Kier molecular flexibility index (Phi) is 5.54. The average Bonchev–Trinajstić information content (AvgIpc) is 2.94. The Morgan fingerprint density at radius 1 is 1.14 bits per heavy atom. The highest BCUT2D eigenvalue weighted by Crippen LogP contribution is 2.29. The number of aromatic nitrogens is 2. The standard InChI is InChI=1S/C21H19F3N4O/c1-13-7-8-25-19(9-13)28-14(2)10-17(15(28)3)12-26-27-20(29)16-5-4-6-18(11-16)21(22,23)24/h4-12H,1-3H3,(H,27,29)/b26-12-. The van der Waals surface area contributed by atoms with Gasteiger partial charge in [-0.3, -0.25) is 4.79 Å². The van der Waals surface area contributed by atoms with Crippen molar-refractivity contribution in [2.45, 2.75) is 26.9 Å². The number of hydrogen-bond acceptors (Lipinski definition) is 3. The van der Waals surface area contributed by atoms with Crippen molar-refractivity contribution in [3.63, 3.8) is 0 Å². The maximum absolute atomic E-state index is 12.8. The van der Waals surface area contributed by atoms with E-state index < -0.39 is 17.6 Å². The van der Waals surface area contributed by atoms with Crippen LogP contribution in [0.3, 0.4) is 0 Å². The summed E-state index contributed by atoms with van der Waals surface area (Å²) in [5.74, 6) is 0.0501. The van der Waals surface area contributed by atoms with E-state index >= 15 is 0 Å². The van der Waals surface area contributed by atoms with Crippen LogP contribution in [0.4, 0.5) is 13.2 Å². The summed E-state index contributed by atoms with van der Waals surface area (Å²) < 4.78 is 40.3. The first-order valence-electron chi connectivity index (χ1n) is 8.79. The Balaban J connectivity index is 1.78. The summed E-state index contributed by atoms with van der Waals surface area (Å²) in [4.78, 5) is 16.5. The van der Waals surface area contributed by atoms with E-state index in [2.05, 4.69) is 15.5 Å². The molecule has 2 aromatic heterocycles. The number of halogens is 3. The van der Waals surface area contributed by atoms with Crippen LogP contribution in [0.25, 0.3) is 5.82 Å². The lowest BCUT2D eigenvalue weighted by Crippen LogP contribution is -2.18. The molecule has 0 fully saturated rings. The van der Waals surface area contributed by atoms with Gasteiger partial charge in [0.25, 0.3) is 5.91 Å². The third-order valence-corrected chi connectivity index (χ3v) is 4.42. The van der Waals surface area contributed by atoms with Crippen molar-refractivity contribution < 1.29 is 18.0 Å². The lowest BCUT2D eigenvalue weighted by Gasteiger charge is -2.09. The van der Waals surface area contributed by atoms with Crippen molar-refractivity contribution in [2.24, 2.45) is 5.10 Å². The van der Waals surface area contributed by atoms with Crippen molar-refractivity contribution >= 4 is 12.1 Å². The minimum absolute atomic E-state index is 0.119. The highest BCUT2D eigenvalue weighted by molar-refractivity contribution is 5.95. The molecule has 1 N–H and O–H groups in total. The molecule has 0 saturated heterocycles. The number of carbonyl (C=O) groups excluding carboxylic acids is 1. The van der Waals surface area contributed by atoms with Gasteiger partial charge >= 0.3 is 6.18 Å². The van der Waals surface area contributed by atoms with Crippen LogP contribution in [0.5, 0.6) is 0 Å². The number of amides is 1. The van der Waals surface area contributed by atoms with E-state index in [-0.39, 0.29) is 5.56 Å². The Labute approximate surface area is 165 Å². The SMILES string of the molecule is Cc1ccnc(-n2c(C)cc(/C=N\NC(=O)c3cccc(C(F)(F)F)c3)c2C)c1. The molecule has 8 heteroatoms. The van der Waals surface area contributed by atoms with E-state index in [1.807, 2.05) is 43.5 Å². The van der Waals surface area contributed by atoms with Crippen molar-refractivity contribution in [3.8, 4) is 5.82 Å². The minimum Gasteiger partial charge on any atom is -0.303 e. The molecule has 5 nitrogen and oxygen atoms in total. The molecule has 3 aromatic rings. The zero-order valence-electron chi connectivity index (χ0n) is 16.1. The van der Waals surface area contributed by atoms with Crippen LogP contribution in [0.15, 0.2) is 53.8 Å². The van der Waals surface area contributed by atoms with E-state index in [9.17, 15) is 18.0 Å². The lowest BCUT2D eigenvalue weighted by atomic mass is 10.1. The first-order valence-corrected chi connectivity index (χ1v) is 8.79. The van der Waals surface area contributed by atoms with Crippen molar-refractivity contribution in [3.05, 3.63) is 82.3 Å². The van der Waals surface area contributed by atoms with Gasteiger partial charge in [-0.1, -0.05) is 6.07 Å². The molecule has 0 saturated carbocycles. The fourth-order valence-electron chi connectivity index (χ4n) is 2.98. The van der Waals surface area contributed by atoms with E-state index in [0.29, 0.717) is 0 Å². The van der Waals surface area contributed by atoms with Crippen molar-refractivity contribution in [2.75, 3.05) is 0 Å². The summed E-state index contributed by atoms with van der Waals surface area (Å²) in [6.45, 7) is 5.80. The van der Waals surface area contributed by atoms with Gasteiger partial charge in [0.1, 0.15) is 5.82 Å². The maximum Gasteiger partial charge on any atom is 0.416 e. The quantitative estimate of drug-likeness (QED) is 0.515. The normalized spacial score (nSPS) is 11.8. The summed E-state index contributed by atoms with van der Waals surface area (Å²) in [5.41, 5.74) is 4.91. The van der Waals surface area contributed by atoms with E-state index in [1.54, 1.807) is 6.20 Å². The number of rotatable bonds is 4. The maximum atomic E-state index is 12.8. The van der Waals surface area contributed by atoms with Crippen molar-refractivity contribution in [1.29, 1.82) is 0 Å². The monoisotopic (exact) mass is 400 g/mol. The van der Waals surface area contributed by atoms with E-state index in [0.717, 1.165) is 40.5 Å². The number of alkyl halides is 3. The lowest BCUT2D eigenvalue weighted by molar-refractivity contribution is -0.137. The number of nitrogens with zero attached hydrogens (tertiary/aromatic N) is 3. The minimum atomic E-state index is -4.51. The smallest absolute Gasteiger partial charge is 0.303 e. The Morgan fingerprint density at radius 3 is 2.59 bits per heavy atom. The van der Waals surface area contributed by atoms with Crippen LogP contribution in [0, 0.1) is 20.8 Å². The molecule has 29 heavy (non-hydrogen) atoms. The Bertz CT molecular complexity index is 1080. The molecule has 2 heterocycles. The van der Waals surface area contributed by atoms with Gasteiger partial charge in [-0.25, -0.2) is 10.4 Å². The Hall–Kier alpha value is -3.42. The molecule has 0 atom stereocenters. The molecule has 1 amide bonds. The van der Waals surface area contributed by atoms with Gasteiger partial charge in [0.15, 0.2) is 0 Å². The topological polar surface area (TPSA) is 59.3 Å².